The third-order valence-corrected chi connectivity index (χ3v) is 7.16. The summed E-state index contributed by atoms with van der Waals surface area (Å²) < 4.78 is 47.4. The number of pyridine rings is 1. The van der Waals surface area contributed by atoms with Crippen LogP contribution in [-0.4, -0.2) is 65.8 Å². The fourth-order valence-electron chi connectivity index (χ4n) is 4.82. The van der Waals surface area contributed by atoms with Gasteiger partial charge in [-0.3, -0.25) is 19.1 Å². The zero-order chi connectivity index (χ0) is 32.6. The number of anilines is 2. The second kappa shape index (κ2) is 14.7. The van der Waals surface area contributed by atoms with Gasteiger partial charge in [0.1, 0.15) is 11.4 Å². The number of hydrogen-bond acceptors (Lipinski definition) is 9. The molecular weight excluding hydrogens is 602 g/mol. The van der Waals surface area contributed by atoms with Crippen molar-refractivity contribution in [2.45, 2.75) is 19.9 Å². The first-order valence-electron chi connectivity index (χ1n) is 14.6. The number of hydrogen-bond donors (Lipinski definition) is 2. The van der Waals surface area contributed by atoms with Crippen LogP contribution in [0.4, 0.5) is 20.2 Å². The number of amides is 1. The number of carbonyl (C=O) groups is 1. The number of aromatic nitrogens is 3. The van der Waals surface area contributed by atoms with E-state index in [1.807, 2.05) is 0 Å². The van der Waals surface area contributed by atoms with E-state index in [1.165, 1.54) is 30.5 Å². The molecule has 46 heavy (non-hydrogen) atoms. The van der Waals surface area contributed by atoms with Gasteiger partial charge in [0, 0.05) is 56.3 Å². The van der Waals surface area contributed by atoms with Gasteiger partial charge in [0.25, 0.3) is 11.5 Å². The molecule has 0 spiro atoms. The lowest BCUT2D eigenvalue weighted by atomic mass is 10.2. The topological polar surface area (TPSA) is 141 Å². The minimum absolute atomic E-state index is 0.0227. The molecule has 2 aromatic heterocycles. The van der Waals surface area contributed by atoms with Crippen LogP contribution in [0.1, 0.15) is 23.0 Å². The van der Waals surface area contributed by atoms with E-state index >= 15 is 4.39 Å². The van der Waals surface area contributed by atoms with E-state index in [9.17, 15) is 18.8 Å². The van der Waals surface area contributed by atoms with Gasteiger partial charge >= 0.3 is 5.69 Å². The summed E-state index contributed by atoms with van der Waals surface area (Å²) in [6.45, 7) is 4.80. The zero-order valence-corrected chi connectivity index (χ0v) is 25.0. The number of morpholine rings is 1. The maximum absolute atomic E-state index is 15.3. The summed E-state index contributed by atoms with van der Waals surface area (Å²) in [5, 5.41) is 10.0. The van der Waals surface area contributed by atoms with Crippen LogP contribution in [0.5, 0.6) is 11.5 Å². The van der Waals surface area contributed by atoms with Crippen molar-refractivity contribution in [2.75, 3.05) is 49.7 Å². The number of carbonyl (C=O) groups excluding carboxylic acids is 1. The van der Waals surface area contributed by atoms with Crippen molar-refractivity contribution in [3.8, 4) is 17.2 Å². The molecule has 3 heterocycles. The van der Waals surface area contributed by atoms with Crippen LogP contribution >= 0.6 is 0 Å². The van der Waals surface area contributed by atoms with E-state index in [1.54, 1.807) is 19.2 Å². The Kier molecular flexibility index (Phi) is 10.3. The molecule has 240 valence electrons. The number of rotatable bonds is 12. The van der Waals surface area contributed by atoms with E-state index in [2.05, 4.69) is 15.2 Å². The maximum atomic E-state index is 15.3. The summed E-state index contributed by atoms with van der Waals surface area (Å²) in [5.74, 6) is -2.13. The summed E-state index contributed by atoms with van der Waals surface area (Å²) in [5.41, 5.74) is -0.772. The monoisotopic (exact) mass is 634 g/mol. The normalized spacial score (nSPS) is 13.0. The Morgan fingerprint density at radius 2 is 1.83 bits per heavy atom. The molecule has 1 aliphatic heterocycles. The van der Waals surface area contributed by atoms with Crippen LogP contribution in [0.15, 0.2) is 70.5 Å². The highest BCUT2D eigenvalue weighted by atomic mass is 19.1. The zero-order valence-electron chi connectivity index (χ0n) is 25.0. The minimum Gasteiger partial charge on any atom is -0.452 e. The Balaban J connectivity index is 1.41. The molecule has 2 aromatic carbocycles. The van der Waals surface area contributed by atoms with Gasteiger partial charge in [0.2, 0.25) is 0 Å². The molecule has 4 aromatic rings. The smallest absolute Gasteiger partial charge is 0.335 e. The second-order valence-corrected chi connectivity index (χ2v) is 10.2. The van der Waals surface area contributed by atoms with Gasteiger partial charge in [-0.1, -0.05) is 0 Å². The Bertz CT molecular complexity index is 1840. The molecule has 1 amide bonds. The van der Waals surface area contributed by atoms with Crippen LogP contribution in [0.25, 0.3) is 5.69 Å². The molecule has 0 unspecified atom stereocenters. The molecule has 0 radical (unpaired) electrons. The third-order valence-electron chi connectivity index (χ3n) is 7.16. The summed E-state index contributed by atoms with van der Waals surface area (Å²) >= 11 is 0. The average Bonchev–Trinajstić information content (AvgIpc) is 3.05. The minimum atomic E-state index is -0.937. The Labute approximate surface area is 262 Å². The number of benzene rings is 2. The SMILES string of the molecule is CCOCCn1cc(C(=O)Nc2ccc(Oc3cc(N4CCOCC4)cnc3CC=N)c(F)c2)c(=O)n(-c2ccc(F)cc2)c1=O. The average molecular weight is 635 g/mol. The van der Waals surface area contributed by atoms with Gasteiger partial charge in [0.05, 0.1) is 49.6 Å². The van der Waals surface area contributed by atoms with Gasteiger partial charge in [-0.05, 0) is 43.3 Å². The van der Waals surface area contributed by atoms with Crippen molar-refractivity contribution in [1.82, 2.24) is 14.1 Å². The van der Waals surface area contributed by atoms with Gasteiger partial charge < -0.3 is 29.8 Å². The highest BCUT2D eigenvalue weighted by Crippen LogP contribution is 2.31. The molecule has 14 heteroatoms. The lowest BCUT2D eigenvalue weighted by molar-refractivity contribution is 0.102. The van der Waals surface area contributed by atoms with Crippen molar-refractivity contribution in [3.63, 3.8) is 0 Å². The first-order chi connectivity index (χ1) is 22.3. The second-order valence-electron chi connectivity index (χ2n) is 10.2. The van der Waals surface area contributed by atoms with Crippen molar-refractivity contribution in [2.24, 2.45) is 0 Å². The Morgan fingerprint density at radius 1 is 1.07 bits per heavy atom. The van der Waals surface area contributed by atoms with Gasteiger partial charge in [-0.15, -0.1) is 0 Å². The highest BCUT2D eigenvalue weighted by Gasteiger charge is 2.21. The molecule has 0 atom stereocenters. The molecule has 1 saturated heterocycles. The quantitative estimate of drug-likeness (QED) is 0.177. The van der Waals surface area contributed by atoms with Crippen LogP contribution in [0.3, 0.4) is 0 Å². The first-order valence-corrected chi connectivity index (χ1v) is 14.6. The molecule has 12 nitrogen and oxygen atoms in total. The molecule has 2 N–H and O–H groups in total. The highest BCUT2D eigenvalue weighted by molar-refractivity contribution is 6.03. The van der Waals surface area contributed by atoms with E-state index < -0.39 is 34.4 Å². The lowest BCUT2D eigenvalue weighted by Crippen LogP contribution is -2.42. The first kappa shape index (κ1) is 32.2. The lowest BCUT2D eigenvalue weighted by Gasteiger charge is -2.29. The molecule has 5 rings (SSSR count). The van der Waals surface area contributed by atoms with Crippen LogP contribution in [0, 0.1) is 17.0 Å². The number of ether oxygens (including phenoxy) is 3. The summed E-state index contributed by atoms with van der Waals surface area (Å²) in [6, 6.07) is 10.2. The van der Waals surface area contributed by atoms with Gasteiger partial charge in [-0.25, -0.2) is 18.1 Å². The summed E-state index contributed by atoms with van der Waals surface area (Å²) in [7, 11) is 0. The van der Waals surface area contributed by atoms with E-state index in [-0.39, 0.29) is 42.4 Å². The summed E-state index contributed by atoms with van der Waals surface area (Å²) in [6.07, 6.45) is 4.14. The van der Waals surface area contributed by atoms with Crippen molar-refractivity contribution >= 4 is 23.5 Å². The number of nitrogens with one attached hydrogen (secondary N) is 2. The molecule has 0 aliphatic carbocycles. The summed E-state index contributed by atoms with van der Waals surface area (Å²) in [4.78, 5) is 46.4. The fraction of sp³-hybridized carbons (Fsp3) is 0.281. The predicted octanol–water partition coefficient (Wildman–Crippen LogP) is 3.78. The van der Waals surface area contributed by atoms with Crippen LogP contribution in [-0.2, 0) is 22.4 Å². The Morgan fingerprint density at radius 3 is 2.52 bits per heavy atom. The number of halogens is 2. The van der Waals surface area contributed by atoms with Crippen molar-refractivity contribution in [1.29, 1.82) is 5.41 Å². The van der Waals surface area contributed by atoms with E-state index in [0.717, 1.165) is 39.2 Å². The predicted molar refractivity (Wildman–Crippen MR) is 167 cm³/mol. The molecule has 1 aliphatic rings. The van der Waals surface area contributed by atoms with Crippen molar-refractivity contribution < 1.29 is 27.8 Å². The third kappa shape index (κ3) is 7.35. The fourth-order valence-corrected chi connectivity index (χ4v) is 4.82. The molecule has 1 fully saturated rings. The largest absolute Gasteiger partial charge is 0.452 e. The van der Waals surface area contributed by atoms with E-state index in [4.69, 9.17) is 19.6 Å². The number of nitrogens with zero attached hydrogens (tertiary/aromatic N) is 4. The van der Waals surface area contributed by atoms with E-state index in [0.29, 0.717) is 38.6 Å². The molecule has 0 saturated carbocycles. The van der Waals surface area contributed by atoms with Gasteiger partial charge in [-0.2, -0.15) is 0 Å². The van der Waals surface area contributed by atoms with Crippen molar-refractivity contribution in [3.05, 3.63) is 105 Å². The van der Waals surface area contributed by atoms with Crippen LogP contribution in [0.2, 0.25) is 0 Å². The standard InChI is InChI=1S/C32H32F2N6O6/c1-2-44-14-13-39-20-25(31(42)40(32(39)43)23-6-3-21(33)4-7-23)30(41)37-22-5-8-28(26(34)17-22)46-29-18-24(19-36-27(29)9-10-35)38-11-15-45-16-12-38/h3-8,10,17-20,35H,2,9,11-16H2,1H3,(H,37,41). The van der Waals surface area contributed by atoms with Gasteiger partial charge in [0.15, 0.2) is 17.3 Å². The van der Waals surface area contributed by atoms with Crippen LogP contribution < -0.4 is 26.2 Å². The maximum Gasteiger partial charge on any atom is 0.335 e. The molecule has 0 bridgehead atoms. The Hall–Kier alpha value is -5.21. The molecular formula is C32H32F2N6O6.